The van der Waals surface area contributed by atoms with Gasteiger partial charge >= 0.3 is 0 Å². The zero-order chi connectivity index (χ0) is 11.2. The lowest BCUT2D eigenvalue weighted by molar-refractivity contribution is 0.130. The van der Waals surface area contributed by atoms with Crippen molar-refractivity contribution in [2.45, 2.75) is 38.3 Å². The maximum absolute atomic E-state index is 5.66. The molecular formula is C12H20N4. The minimum atomic E-state index is 0.627. The van der Waals surface area contributed by atoms with Crippen LogP contribution in [0.3, 0.4) is 0 Å². The van der Waals surface area contributed by atoms with Crippen LogP contribution in [0.25, 0.3) is 0 Å². The predicted molar refractivity (Wildman–Crippen MR) is 63.8 cm³/mol. The first kappa shape index (κ1) is 11.5. The molecule has 0 saturated carbocycles. The molecular weight excluding hydrogens is 200 g/mol. The monoisotopic (exact) mass is 220 g/mol. The lowest BCUT2D eigenvalue weighted by atomic mass is 9.99. The highest BCUT2D eigenvalue weighted by Gasteiger charge is 2.22. The molecule has 1 aromatic heterocycles. The molecule has 16 heavy (non-hydrogen) atoms. The minimum Gasteiger partial charge on any atom is -0.330 e. The molecule has 2 rings (SSSR count). The van der Waals surface area contributed by atoms with Crippen LogP contribution in [0.5, 0.6) is 0 Å². The van der Waals surface area contributed by atoms with E-state index in [4.69, 9.17) is 5.73 Å². The number of likely N-dealkylation sites (tertiary alicyclic amines) is 1. The van der Waals surface area contributed by atoms with Gasteiger partial charge in [0, 0.05) is 18.4 Å². The van der Waals surface area contributed by atoms with E-state index in [-0.39, 0.29) is 0 Å². The van der Waals surface area contributed by atoms with E-state index >= 15 is 0 Å². The summed E-state index contributed by atoms with van der Waals surface area (Å²) in [7, 11) is 0. The van der Waals surface area contributed by atoms with Gasteiger partial charge in [-0.05, 0) is 38.4 Å². The Kier molecular flexibility index (Phi) is 4.25. The average molecular weight is 220 g/mol. The van der Waals surface area contributed by atoms with Crippen LogP contribution >= 0.6 is 0 Å². The summed E-state index contributed by atoms with van der Waals surface area (Å²) < 4.78 is 0. The summed E-state index contributed by atoms with van der Waals surface area (Å²) in [6.07, 6.45) is 8.59. The molecule has 2 heterocycles. The Morgan fingerprint density at radius 3 is 2.88 bits per heavy atom. The Balaban J connectivity index is 1.96. The smallest absolute Gasteiger partial charge is 0.142 e. The number of hydrogen-bond donors (Lipinski definition) is 1. The van der Waals surface area contributed by atoms with Crippen molar-refractivity contribution in [3.8, 4) is 0 Å². The number of nitrogens with zero attached hydrogens (tertiary/aromatic N) is 3. The fraction of sp³-hybridized carbons (Fsp3) is 0.667. The van der Waals surface area contributed by atoms with Crippen LogP contribution in [0, 0.1) is 0 Å². The first-order valence-corrected chi connectivity index (χ1v) is 6.10. The second-order valence-electron chi connectivity index (χ2n) is 4.36. The number of rotatable bonds is 4. The molecule has 1 saturated heterocycles. The van der Waals surface area contributed by atoms with Crippen LogP contribution in [0.15, 0.2) is 18.5 Å². The van der Waals surface area contributed by atoms with E-state index in [1.807, 2.05) is 18.5 Å². The maximum atomic E-state index is 5.66. The maximum Gasteiger partial charge on any atom is 0.142 e. The molecule has 0 aliphatic carbocycles. The fourth-order valence-corrected chi connectivity index (χ4v) is 2.38. The fourth-order valence-electron chi connectivity index (χ4n) is 2.38. The second kappa shape index (κ2) is 5.92. The largest absolute Gasteiger partial charge is 0.330 e. The summed E-state index contributed by atoms with van der Waals surface area (Å²) in [5.41, 5.74) is 5.66. The van der Waals surface area contributed by atoms with Crippen molar-refractivity contribution in [3.05, 3.63) is 24.3 Å². The third-order valence-corrected chi connectivity index (χ3v) is 3.21. The molecule has 1 aliphatic rings. The molecule has 2 N–H and O–H groups in total. The van der Waals surface area contributed by atoms with Crippen LogP contribution in [0.2, 0.25) is 0 Å². The average Bonchev–Trinajstić information content (AvgIpc) is 2.33. The van der Waals surface area contributed by atoms with E-state index in [1.54, 1.807) is 0 Å². The summed E-state index contributed by atoms with van der Waals surface area (Å²) in [4.78, 5) is 11.0. The van der Waals surface area contributed by atoms with Gasteiger partial charge in [-0.3, -0.25) is 4.90 Å². The molecule has 0 amide bonds. The molecule has 88 valence electrons. The van der Waals surface area contributed by atoms with Crippen LogP contribution in [0.4, 0.5) is 0 Å². The normalized spacial score (nSPS) is 22.2. The molecule has 4 nitrogen and oxygen atoms in total. The summed E-state index contributed by atoms with van der Waals surface area (Å²) in [5.74, 6) is 0.923. The van der Waals surface area contributed by atoms with Crippen molar-refractivity contribution in [2.75, 3.05) is 13.1 Å². The predicted octanol–water partition coefficient (Wildman–Crippen LogP) is 1.18. The SMILES string of the molecule is NCCC1CCCCN1Cc1ncccn1. The molecule has 1 aromatic rings. The van der Waals surface area contributed by atoms with Crippen molar-refractivity contribution in [2.24, 2.45) is 5.73 Å². The Hall–Kier alpha value is -1.00. The quantitative estimate of drug-likeness (QED) is 0.828. The molecule has 1 aliphatic heterocycles. The summed E-state index contributed by atoms with van der Waals surface area (Å²) >= 11 is 0. The van der Waals surface area contributed by atoms with Crippen molar-refractivity contribution < 1.29 is 0 Å². The highest BCUT2D eigenvalue weighted by atomic mass is 15.2. The van der Waals surface area contributed by atoms with E-state index in [0.29, 0.717) is 6.04 Å². The topological polar surface area (TPSA) is 55.0 Å². The first-order valence-electron chi connectivity index (χ1n) is 6.10. The Morgan fingerprint density at radius 1 is 1.31 bits per heavy atom. The van der Waals surface area contributed by atoms with Gasteiger partial charge in [0.25, 0.3) is 0 Å². The highest BCUT2D eigenvalue weighted by molar-refractivity contribution is 4.90. The number of piperidine rings is 1. The van der Waals surface area contributed by atoms with Gasteiger partial charge in [0.15, 0.2) is 0 Å². The van der Waals surface area contributed by atoms with Gasteiger partial charge in [-0.2, -0.15) is 0 Å². The van der Waals surface area contributed by atoms with Crippen molar-refractivity contribution in [1.82, 2.24) is 14.9 Å². The highest BCUT2D eigenvalue weighted by Crippen LogP contribution is 2.20. The zero-order valence-corrected chi connectivity index (χ0v) is 9.68. The Morgan fingerprint density at radius 2 is 2.12 bits per heavy atom. The van der Waals surface area contributed by atoms with Crippen molar-refractivity contribution >= 4 is 0 Å². The van der Waals surface area contributed by atoms with Gasteiger partial charge in [-0.25, -0.2) is 9.97 Å². The standard InChI is InChI=1S/C12H20N4/c13-6-5-11-4-1-2-9-16(11)10-12-14-7-3-8-15-12/h3,7-8,11H,1-2,4-6,9-10,13H2. The Labute approximate surface area is 96.9 Å². The molecule has 1 atom stereocenters. The van der Waals surface area contributed by atoms with E-state index in [0.717, 1.165) is 31.9 Å². The van der Waals surface area contributed by atoms with Crippen molar-refractivity contribution in [3.63, 3.8) is 0 Å². The van der Waals surface area contributed by atoms with Gasteiger partial charge in [-0.1, -0.05) is 6.42 Å². The van der Waals surface area contributed by atoms with Gasteiger partial charge in [0.05, 0.1) is 6.54 Å². The third kappa shape index (κ3) is 3.00. The van der Waals surface area contributed by atoms with Gasteiger partial charge in [0.2, 0.25) is 0 Å². The zero-order valence-electron chi connectivity index (χ0n) is 9.68. The molecule has 0 spiro atoms. The van der Waals surface area contributed by atoms with Gasteiger partial charge < -0.3 is 5.73 Å². The number of hydrogen-bond acceptors (Lipinski definition) is 4. The third-order valence-electron chi connectivity index (χ3n) is 3.21. The lowest BCUT2D eigenvalue weighted by Crippen LogP contribution is -2.40. The van der Waals surface area contributed by atoms with E-state index in [9.17, 15) is 0 Å². The number of aromatic nitrogens is 2. The molecule has 1 fully saturated rings. The molecule has 1 unspecified atom stereocenters. The first-order chi connectivity index (χ1) is 7.90. The van der Waals surface area contributed by atoms with Gasteiger partial charge in [-0.15, -0.1) is 0 Å². The van der Waals surface area contributed by atoms with E-state index in [2.05, 4.69) is 14.9 Å². The molecule has 0 aromatic carbocycles. The second-order valence-corrected chi connectivity index (χ2v) is 4.36. The molecule has 0 radical (unpaired) electrons. The summed E-state index contributed by atoms with van der Waals surface area (Å²) in [5, 5.41) is 0. The van der Waals surface area contributed by atoms with Crippen LogP contribution in [-0.4, -0.2) is 34.0 Å². The van der Waals surface area contributed by atoms with Crippen molar-refractivity contribution in [1.29, 1.82) is 0 Å². The van der Waals surface area contributed by atoms with Crippen LogP contribution in [-0.2, 0) is 6.54 Å². The summed E-state index contributed by atoms with van der Waals surface area (Å²) in [6.45, 7) is 2.80. The number of nitrogens with two attached hydrogens (primary N) is 1. The molecule has 0 bridgehead atoms. The van der Waals surface area contributed by atoms with E-state index in [1.165, 1.54) is 19.3 Å². The molecule has 4 heteroatoms. The lowest BCUT2D eigenvalue weighted by Gasteiger charge is -2.35. The van der Waals surface area contributed by atoms with E-state index < -0.39 is 0 Å². The van der Waals surface area contributed by atoms with Gasteiger partial charge in [0.1, 0.15) is 5.82 Å². The summed E-state index contributed by atoms with van der Waals surface area (Å²) in [6, 6.07) is 2.49. The minimum absolute atomic E-state index is 0.627. The van der Waals surface area contributed by atoms with Crippen LogP contribution < -0.4 is 5.73 Å². The Bertz CT molecular complexity index is 299. The van der Waals surface area contributed by atoms with Crippen LogP contribution in [0.1, 0.15) is 31.5 Å².